The summed E-state index contributed by atoms with van der Waals surface area (Å²) in [6.45, 7) is 3.85. The van der Waals surface area contributed by atoms with Crippen LogP contribution in [-0.2, 0) is 16.1 Å². The quantitative estimate of drug-likeness (QED) is 0.774. The molecule has 2 rings (SSSR count). The topological polar surface area (TPSA) is 58.6 Å². The number of carbonyl (C=O) groups excluding carboxylic acids is 1. The van der Waals surface area contributed by atoms with E-state index >= 15 is 0 Å². The fraction of sp³-hybridized carbons (Fsp3) is 0.632. The van der Waals surface area contributed by atoms with Crippen molar-refractivity contribution in [2.75, 3.05) is 13.2 Å². The molecule has 0 saturated heterocycles. The van der Waals surface area contributed by atoms with E-state index in [-0.39, 0.29) is 18.2 Å². The van der Waals surface area contributed by atoms with Gasteiger partial charge in [-0.15, -0.1) is 0 Å². The van der Waals surface area contributed by atoms with Gasteiger partial charge < -0.3 is 15.2 Å². The summed E-state index contributed by atoms with van der Waals surface area (Å²) < 4.78 is 5.68. The van der Waals surface area contributed by atoms with E-state index < -0.39 is 5.60 Å². The highest BCUT2D eigenvalue weighted by Crippen LogP contribution is 2.30. The van der Waals surface area contributed by atoms with E-state index in [9.17, 15) is 9.90 Å². The lowest BCUT2D eigenvalue weighted by atomic mass is 9.82. The maximum Gasteiger partial charge on any atom is 0.222 e. The van der Waals surface area contributed by atoms with E-state index in [0.717, 1.165) is 31.2 Å². The van der Waals surface area contributed by atoms with Gasteiger partial charge in [0.1, 0.15) is 0 Å². The van der Waals surface area contributed by atoms with Crippen LogP contribution in [0, 0.1) is 5.92 Å². The second-order valence-corrected chi connectivity index (χ2v) is 6.87. The molecule has 0 radical (unpaired) electrons. The SMILES string of the molecule is CC(CNC(=O)CC1(O)CCCCC1)COCc1ccccc1. The molecule has 0 aromatic heterocycles. The molecule has 1 unspecified atom stereocenters. The molecule has 4 nitrogen and oxygen atoms in total. The Morgan fingerprint density at radius 3 is 2.65 bits per heavy atom. The summed E-state index contributed by atoms with van der Waals surface area (Å²) in [5.74, 6) is 0.202. The van der Waals surface area contributed by atoms with Crippen LogP contribution in [0.15, 0.2) is 30.3 Å². The Labute approximate surface area is 139 Å². The first-order chi connectivity index (χ1) is 11.1. The van der Waals surface area contributed by atoms with E-state index in [0.29, 0.717) is 19.8 Å². The van der Waals surface area contributed by atoms with Crippen LogP contribution in [-0.4, -0.2) is 29.8 Å². The van der Waals surface area contributed by atoms with E-state index in [1.54, 1.807) is 0 Å². The lowest BCUT2D eigenvalue weighted by molar-refractivity contribution is -0.127. The molecule has 1 aromatic carbocycles. The molecule has 0 spiro atoms. The first-order valence-corrected chi connectivity index (χ1v) is 8.68. The summed E-state index contributed by atoms with van der Waals surface area (Å²) in [5, 5.41) is 13.3. The zero-order chi connectivity index (χ0) is 16.5. The van der Waals surface area contributed by atoms with Crippen molar-refractivity contribution in [2.45, 2.75) is 57.7 Å². The van der Waals surface area contributed by atoms with Gasteiger partial charge in [-0.2, -0.15) is 0 Å². The van der Waals surface area contributed by atoms with Crippen molar-refractivity contribution in [2.24, 2.45) is 5.92 Å². The van der Waals surface area contributed by atoms with Crippen molar-refractivity contribution in [3.8, 4) is 0 Å². The fourth-order valence-corrected chi connectivity index (χ4v) is 3.05. The van der Waals surface area contributed by atoms with Crippen LogP contribution < -0.4 is 5.32 Å². The Morgan fingerprint density at radius 1 is 1.26 bits per heavy atom. The summed E-state index contributed by atoms with van der Waals surface area (Å²) >= 11 is 0. The molecule has 1 atom stereocenters. The van der Waals surface area contributed by atoms with E-state index in [2.05, 4.69) is 12.2 Å². The molecule has 1 fully saturated rings. The average Bonchev–Trinajstić information content (AvgIpc) is 2.54. The van der Waals surface area contributed by atoms with Crippen LogP contribution >= 0.6 is 0 Å². The van der Waals surface area contributed by atoms with E-state index in [1.807, 2.05) is 30.3 Å². The van der Waals surface area contributed by atoms with Gasteiger partial charge in [-0.3, -0.25) is 4.79 Å². The highest BCUT2D eigenvalue weighted by Gasteiger charge is 2.31. The molecular weight excluding hydrogens is 290 g/mol. The second kappa shape index (κ2) is 9.04. The van der Waals surface area contributed by atoms with Crippen molar-refractivity contribution in [1.29, 1.82) is 0 Å². The molecule has 1 amide bonds. The molecule has 0 aliphatic heterocycles. The van der Waals surface area contributed by atoms with Gasteiger partial charge in [-0.05, 0) is 24.3 Å². The third-order valence-electron chi connectivity index (χ3n) is 4.44. The minimum Gasteiger partial charge on any atom is -0.389 e. The summed E-state index contributed by atoms with van der Waals surface area (Å²) in [5.41, 5.74) is 0.373. The molecule has 23 heavy (non-hydrogen) atoms. The highest BCUT2D eigenvalue weighted by atomic mass is 16.5. The summed E-state index contributed by atoms with van der Waals surface area (Å²) in [4.78, 5) is 12.0. The lowest BCUT2D eigenvalue weighted by Gasteiger charge is -2.31. The van der Waals surface area contributed by atoms with Gasteiger partial charge in [0.25, 0.3) is 0 Å². The maximum atomic E-state index is 12.0. The number of amides is 1. The lowest BCUT2D eigenvalue weighted by Crippen LogP contribution is -2.39. The number of hydrogen-bond donors (Lipinski definition) is 2. The zero-order valence-corrected chi connectivity index (χ0v) is 14.1. The number of nitrogens with one attached hydrogen (secondary N) is 1. The van der Waals surface area contributed by atoms with Crippen LogP contribution in [0.5, 0.6) is 0 Å². The monoisotopic (exact) mass is 319 g/mol. The molecule has 1 aliphatic rings. The predicted molar refractivity (Wildman–Crippen MR) is 90.9 cm³/mol. The molecule has 2 N–H and O–H groups in total. The van der Waals surface area contributed by atoms with Gasteiger partial charge >= 0.3 is 0 Å². The van der Waals surface area contributed by atoms with Crippen molar-refractivity contribution in [1.82, 2.24) is 5.32 Å². The Morgan fingerprint density at radius 2 is 1.96 bits per heavy atom. The van der Waals surface area contributed by atoms with Gasteiger partial charge in [0, 0.05) is 6.54 Å². The normalized spacial score (nSPS) is 18.3. The van der Waals surface area contributed by atoms with Crippen LogP contribution in [0.4, 0.5) is 0 Å². The van der Waals surface area contributed by atoms with Gasteiger partial charge in [0.2, 0.25) is 5.91 Å². The van der Waals surface area contributed by atoms with Crippen LogP contribution in [0.1, 0.15) is 51.0 Å². The molecule has 128 valence electrons. The van der Waals surface area contributed by atoms with Gasteiger partial charge in [-0.25, -0.2) is 0 Å². The Bertz CT molecular complexity index is 469. The van der Waals surface area contributed by atoms with Crippen molar-refractivity contribution in [3.05, 3.63) is 35.9 Å². The smallest absolute Gasteiger partial charge is 0.222 e. The third-order valence-corrected chi connectivity index (χ3v) is 4.44. The minimum atomic E-state index is -0.782. The van der Waals surface area contributed by atoms with E-state index in [4.69, 9.17) is 4.74 Å². The second-order valence-electron chi connectivity index (χ2n) is 6.87. The highest BCUT2D eigenvalue weighted by molar-refractivity contribution is 5.77. The summed E-state index contributed by atoms with van der Waals surface area (Å²) in [6, 6.07) is 10.1. The Kier molecular flexibility index (Phi) is 7.06. The average molecular weight is 319 g/mol. The first kappa shape index (κ1) is 18.0. The van der Waals surface area contributed by atoms with Gasteiger partial charge in [0.05, 0.1) is 25.2 Å². The van der Waals surface area contributed by atoms with Crippen LogP contribution in [0.25, 0.3) is 0 Å². The number of hydrogen-bond acceptors (Lipinski definition) is 3. The maximum absolute atomic E-state index is 12.0. The van der Waals surface area contributed by atoms with Crippen LogP contribution in [0.3, 0.4) is 0 Å². The predicted octanol–water partition coefficient (Wildman–Crippen LogP) is 3.04. The molecule has 4 heteroatoms. The van der Waals surface area contributed by atoms with Gasteiger partial charge in [-0.1, -0.05) is 56.5 Å². The minimum absolute atomic E-state index is 0.0516. The largest absolute Gasteiger partial charge is 0.389 e. The number of rotatable bonds is 8. The van der Waals surface area contributed by atoms with E-state index in [1.165, 1.54) is 6.42 Å². The van der Waals surface area contributed by atoms with Crippen molar-refractivity contribution in [3.63, 3.8) is 0 Å². The fourth-order valence-electron chi connectivity index (χ4n) is 3.05. The zero-order valence-electron chi connectivity index (χ0n) is 14.1. The Balaban J connectivity index is 1.60. The number of benzene rings is 1. The molecular formula is C19H29NO3. The molecule has 1 aliphatic carbocycles. The van der Waals surface area contributed by atoms with Crippen molar-refractivity contribution < 1.29 is 14.6 Å². The Hall–Kier alpha value is -1.39. The van der Waals surface area contributed by atoms with Crippen molar-refractivity contribution >= 4 is 5.91 Å². The standard InChI is InChI=1S/C19H29NO3/c1-16(14-23-15-17-8-4-2-5-9-17)13-20-18(21)12-19(22)10-6-3-7-11-19/h2,4-5,8-9,16,22H,3,6-7,10-15H2,1H3,(H,20,21). The molecule has 0 heterocycles. The number of carbonyl (C=O) groups is 1. The molecule has 0 bridgehead atoms. The summed E-state index contributed by atoms with van der Waals surface area (Å²) in [6.07, 6.45) is 4.93. The molecule has 1 aromatic rings. The first-order valence-electron chi connectivity index (χ1n) is 8.68. The summed E-state index contributed by atoms with van der Waals surface area (Å²) in [7, 11) is 0. The molecule has 1 saturated carbocycles. The number of aliphatic hydroxyl groups is 1. The number of ether oxygens (including phenoxy) is 1. The van der Waals surface area contributed by atoms with Gasteiger partial charge in [0.15, 0.2) is 0 Å². The van der Waals surface area contributed by atoms with Crippen LogP contribution in [0.2, 0.25) is 0 Å². The third kappa shape index (κ3) is 6.71.